The highest BCUT2D eigenvalue weighted by Crippen LogP contribution is 2.24. The molecule has 4 rings (SSSR count). The summed E-state index contributed by atoms with van der Waals surface area (Å²) in [5.74, 6) is 0.0921. The molecular formula is C24H30BrN5O2. The zero-order chi connectivity index (χ0) is 22.8. The molecule has 0 spiro atoms. The molecular weight excluding hydrogens is 470 g/mol. The molecule has 0 aliphatic carbocycles. The third kappa shape index (κ3) is 4.61. The molecule has 32 heavy (non-hydrogen) atoms. The number of benzene rings is 2. The maximum absolute atomic E-state index is 12.9. The lowest BCUT2D eigenvalue weighted by Gasteiger charge is -2.37. The molecule has 2 aromatic carbocycles. The molecule has 2 atom stereocenters. The van der Waals surface area contributed by atoms with Crippen LogP contribution in [0.15, 0.2) is 64.1 Å². The van der Waals surface area contributed by atoms with Crippen LogP contribution in [0.4, 0.5) is 11.4 Å². The summed E-state index contributed by atoms with van der Waals surface area (Å²) >= 11 is 3.49. The van der Waals surface area contributed by atoms with Crippen LogP contribution in [0.1, 0.15) is 26.8 Å². The molecule has 3 aromatic rings. The Hall–Kier alpha value is -2.58. The molecule has 0 saturated carbocycles. The Labute approximate surface area is 197 Å². The first-order chi connectivity index (χ1) is 15.3. The van der Waals surface area contributed by atoms with Crippen LogP contribution in [-0.4, -0.2) is 51.7 Å². The highest BCUT2D eigenvalue weighted by Gasteiger charge is 2.25. The first kappa shape index (κ1) is 22.6. The predicted octanol–water partition coefficient (Wildman–Crippen LogP) is 3.70. The zero-order valence-corrected chi connectivity index (χ0v) is 20.3. The number of halogens is 1. The van der Waals surface area contributed by atoms with Crippen molar-refractivity contribution in [1.29, 1.82) is 0 Å². The van der Waals surface area contributed by atoms with Crippen molar-refractivity contribution in [2.24, 2.45) is 5.92 Å². The van der Waals surface area contributed by atoms with E-state index in [0.29, 0.717) is 0 Å². The van der Waals surface area contributed by atoms with Crippen LogP contribution in [0.25, 0.3) is 5.69 Å². The standard InChI is InChI=1S/C24H30BrN5O2/c1-17(2)23(18(3)31)30-24(32)29(16-26-30)22-10-8-21(9-11-22)28-14-12-27(13-15-28)20-6-4-19(25)5-7-20/h4-11,16-18,23,31H,12-15H2,1-3H3. The number of anilines is 2. The van der Waals surface area contributed by atoms with Crippen LogP contribution >= 0.6 is 15.9 Å². The van der Waals surface area contributed by atoms with Crippen molar-refractivity contribution in [1.82, 2.24) is 14.3 Å². The molecule has 1 fully saturated rings. The quantitative estimate of drug-likeness (QED) is 0.559. The van der Waals surface area contributed by atoms with Gasteiger partial charge in [0.1, 0.15) is 6.33 Å². The van der Waals surface area contributed by atoms with Gasteiger partial charge < -0.3 is 14.9 Å². The highest BCUT2D eigenvalue weighted by atomic mass is 79.9. The second-order valence-corrected chi connectivity index (χ2v) is 9.59. The van der Waals surface area contributed by atoms with E-state index in [2.05, 4.69) is 67.2 Å². The molecule has 1 aliphatic rings. The number of aliphatic hydroxyl groups is 1. The predicted molar refractivity (Wildman–Crippen MR) is 132 cm³/mol. The van der Waals surface area contributed by atoms with E-state index in [4.69, 9.17) is 0 Å². The molecule has 7 nitrogen and oxygen atoms in total. The lowest BCUT2D eigenvalue weighted by molar-refractivity contribution is 0.0934. The Morgan fingerprint density at radius 2 is 1.31 bits per heavy atom. The summed E-state index contributed by atoms with van der Waals surface area (Å²) in [6.45, 7) is 9.47. The van der Waals surface area contributed by atoms with E-state index in [1.807, 2.05) is 26.0 Å². The molecule has 1 aromatic heterocycles. The van der Waals surface area contributed by atoms with Gasteiger partial charge in [-0.05, 0) is 61.4 Å². The van der Waals surface area contributed by atoms with Gasteiger partial charge in [-0.3, -0.25) is 0 Å². The van der Waals surface area contributed by atoms with Crippen molar-refractivity contribution >= 4 is 27.3 Å². The zero-order valence-electron chi connectivity index (χ0n) is 18.7. The largest absolute Gasteiger partial charge is 0.391 e. The topological polar surface area (TPSA) is 66.5 Å². The van der Waals surface area contributed by atoms with Crippen LogP contribution in [-0.2, 0) is 0 Å². The van der Waals surface area contributed by atoms with Gasteiger partial charge in [-0.2, -0.15) is 5.10 Å². The highest BCUT2D eigenvalue weighted by molar-refractivity contribution is 9.10. The Morgan fingerprint density at radius 3 is 1.78 bits per heavy atom. The molecule has 8 heteroatoms. The fourth-order valence-electron chi connectivity index (χ4n) is 4.44. The average molecular weight is 500 g/mol. The number of hydrogen-bond acceptors (Lipinski definition) is 5. The number of aliphatic hydroxyl groups excluding tert-OH is 1. The van der Waals surface area contributed by atoms with Crippen LogP contribution in [0.2, 0.25) is 0 Å². The Kier molecular flexibility index (Phi) is 6.71. The van der Waals surface area contributed by atoms with Crippen molar-refractivity contribution in [2.45, 2.75) is 32.9 Å². The second kappa shape index (κ2) is 9.50. The van der Waals surface area contributed by atoms with Crippen molar-refractivity contribution in [3.63, 3.8) is 0 Å². The minimum absolute atomic E-state index is 0.0921. The molecule has 1 aliphatic heterocycles. The summed E-state index contributed by atoms with van der Waals surface area (Å²) in [5.41, 5.74) is 2.93. The smallest absolute Gasteiger partial charge is 0.350 e. The summed E-state index contributed by atoms with van der Waals surface area (Å²) in [6, 6.07) is 16.1. The fraction of sp³-hybridized carbons (Fsp3) is 0.417. The number of hydrogen-bond donors (Lipinski definition) is 1. The van der Waals surface area contributed by atoms with Crippen molar-refractivity contribution < 1.29 is 5.11 Å². The minimum atomic E-state index is -0.658. The molecule has 2 unspecified atom stereocenters. The van der Waals surface area contributed by atoms with E-state index in [-0.39, 0.29) is 17.6 Å². The van der Waals surface area contributed by atoms with Crippen molar-refractivity contribution in [2.75, 3.05) is 36.0 Å². The molecule has 2 heterocycles. The molecule has 170 valence electrons. The van der Waals surface area contributed by atoms with Crippen LogP contribution in [0.3, 0.4) is 0 Å². The van der Waals surface area contributed by atoms with Gasteiger partial charge in [0, 0.05) is 42.0 Å². The summed E-state index contributed by atoms with van der Waals surface area (Å²) in [6.07, 6.45) is 0.876. The molecule has 0 radical (unpaired) electrons. The maximum Gasteiger partial charge on any atom is 0.350 e. The SMILES string of the molecule is CC(C)C(C(C)O)n1ncn(-c2ccc(N3CCN(c4ccc(Br)cc4)CC3)cc2)c1=O. The summed E-state index contributed by atoms with van der Waals surface area (Å²) < 4.78 is 4.02. The maximum atomic E-state index is 12.9. The summed E-state index contributed by atoms with van der Waals surface area (Å²) in [7, 11) is 0. The first-order valence-corrected chi connectivity index (χ1v) is 11.8. The minimum Gasteiger partial charge on any atom is -0.391 e. The Bertz CT molecular complexity index is 1070. The summed E-state index contributed by atoms with van der Waals surface area (Å²) in [4.78, 5) is 17.7. The van der Waals surface area contributed by atoms with Gasteiger partial charge in [-0.1, -0.05) is 29.8 Å². The van der Waals surface area contributed by atoms with Gasteiger partial charge in [0.25, 0.3) is 0 Å². The molecule has 0 amide bonds. The van der Waals surface area contributed by atoms with Gasteiger partial charge in [0.2, 0.25) is 0 Å². The van der Waals surface area contributed by atoms with Crippen LogP contribution in [0.5, 0.6) is 0 Å². The van der Waals surface area contributed by atoms with E-state index in [1.165, 1.54) is 21.3 Å². The van der Waals surface area contributed by atoms with E-state index >= 15 is 0 Å². The number of rotatable bonds is 6. The number of aromatic nitrogens is 3. The van der Waals surface area contributed by atoms with E-state index in [9.17, 15) is 9.90 Å². The van der Waals surface area contributed by atoms with E-state index in [1.54, 1.807) is 6.92 Å². The van der Waals surface area contributed by atoms with Crippen LogP contribution in [0, 0.1) is 5.92 Å². The Morgan fingerprint density at radius 1 is 0.844 bits per heavy atom. The molecule has 1 saturated heterocycles. The van der Waals surface area contributed by atoms with Gasteiger partial charge >= 0.3 is 5.69 Å². The number of piperazine rings is 1. The van der Waals surface area contributed by atoms with E-state index < -0.39 is 6.10 Å². The van der Waals surface area contributed by atoms with Gasteiger partial charge in [0.15, 0.2) is 0 Å². The normalized spacial score (nSPS) is 16.4. The summed E-state index contributed by atoms with van der Waals surface area (Å²) in [5, 5.41) is 14.4. The first-order valence-electron chi connectivity index (χ1n) is 11.1. The number of nitrogens with zero attached hydrogens (tertiary/aromatic N) is 5. The monoisotopic (exact) mass is 499 g/mol. The fourth-order valence-corrected chi connectivity index (χ4v) is 4.70. The molecule has 0 bridgehead atoms. The third-order valence-electron chi connectivity index (χ3n) is 6.12. The van der Waals surface area contributed by atoms with Crippen molar-refractivity contribution in [3.05, 3.63) is 69.8 Å². The van der Waals surface area contributed by atoms with Crippen LogP contribution < -0.4 is 15.5 Å². The third-order valence-corrected chi connectivity index (χ3v) is 6.65. The molecule has 1 N–H and O–H groups in total. The lowest BCUT2D eigenvalue weighted by atomic mass is 10.00. The second-order valence-electron chi connectivity index (χ2n) is 8.67. The van der Waals surface area contributed by atoms with Crippen molar-refractivity contribution in [3.8, 4) is 5.69 Å². The van der Waals surface area contributed by atoms with Gasteiger partial charge in [-0.15, -0.1) is 0 Å². The average Bonchev–Trinajstić information content (AvgIpc) is 3.15. The van der Waals surface area contributed by atoms with E-state index in [0.717, 1.165) is 42.0 Å². The lowest BCUT2D eigenvalue weighted by Crippen LogP contribution is -2.46. The van der Waals surface area contributed by atoms with Gasteiger partial charge in [0.05, 0.1) is 17.8 Å². The van der Waals surface area contributed by atoms with Gasteiger partial charge in [-0.25, -0.2) is 14.0 Å². The Balaban J connectivity index is 1.45.